The molecule has 2 rings (SSSR count). The van der Waals surface area contributed by atoms with Crippen LogP contribution in [0.25, 0.3) is 11.4 Å². The van der Waals surface area contributed by atoms with E-state index in [0.717, 1.165) is 22.5 Å². The minimum Gasteiger partial charge on any atom is -0.481 e. The predicted molar refractivity (Wildman–Crippen MR) is 77.6 cm³/mol. The number of carbonyl (C=O) groups is 1. The number of benzene rings is 1. The van der Waals surface area contributed by atoms with Crippen molar-refractivity contribution < 1.29 is 9.90 Å². The summed E-state index contributed by atoms with van der Waals surface area (Å²) in [5.41, 5.74) is 3.39. The maximum atomic E-state index is 11.0. The largest absolute Gasteiger partial charge is 0.481 e. The molecule has 1 N–H and O–H groups in total. The number of carboxylic acid groups (broad SMARTS) is 1. The van der Waals surface area contributed by atoms with Crippen molar-refractivity contribution in [2.45, 2.75) is 33.1 Å². The zero-order valence-electron chi connectivity index (χ0n) is 11.8. The Balaban J connectivity index is 2.55. The van der Waals surface area contributed by atoms with Crippen LogP contribution in [0, 0.1) is 0 Å². The molecule has 1 aromatic heterocycles. The number of aryl methyl sites for hydroxylation is 2. The maximum Gasteiger partial charge on any atom is 0.307 e. The number of aliphatic carboxylic acids is 1. The standard InChI is InChI=1S/C16H18N2O2/c1-3-13-12(10-15(19)20)14(4-2)18-16(17-13)11-8-6-5-7-9-11/h5-9H,3-4,10H2,1-2H3,(H,19,20). The van der Waals surface area contributed by atoms with Crippen molar-refractivity contribution in [3.05, 3.63) is 47.3 Å². The monoisotopic (exact) mass is 270 g/mol. The van der Waals surface area contributed by atoms with Gasteiger partial charge in [0.2, 0.25) is 0 Å². The molecule has 0 aliphatic rings. The minimum absolute atomic E-state index is 0.0125. The minimum atomic E-state index is -0.842. The second-order valence-corrected chi connectivity index (χ2v) is 4.56. The SMILES string of the molecule is CCc1nc(-c2ccccc2)nc(CC)c1CC(=O)O. The highest BCUT2D eigenvalue weighted by atomic mass is 16.4. The van der Waals surface area contributed by atoms with Crippen molar-refractivity contribution >= 4 is 5.97 Å². The molecule has 0 atom stereocenters. The number of rotatable bonds is 5. The average molecular weight is 270 g/mol. The van der Waals surface area contributed by atoms with Crippen molar-refractivity contribution in [2.75, 3.05) is 0 Å². The molecule has 4 nitrogen and oxygen atoms in total. The third-order valence-electron chi connectivity index (χ3n) is 3.21. The van der Waals surface area contributed by atoms with Crippen LogP contribution in [0.5, 0.6) is 0 Å². The van der Waals surface area contributed by atoms with Crippen LogP contribution in [0.1, 0.15) is 30.8 Å². The Bertz CT molecular complexity index is 584. The van der Waals surface area contributed by atoms with Gasteiger partial charge < -0.3 is 5.11 Å². The molecule has 0 unspecified atom stereocenters. The van der Waals surface area contributed by atoms with Crippen LogP contribution in [0.2, 0.25) is 0 Å². The summed E-state index contributed by atoms with van der Waals surface area (Å²) in [5.74, 6) is -0.168. The van der Waals surface area contributed by atoms with E-state index in [4.69, 9.17) is 5.11 Å². The molecule has 0 bridgehead atoms. The summed E-state index contributed by atoms with van der Waals surface area (Å²) < 4.78 is 0. The summed E-state index contributed by atoms with van der Waals surface area (Å²) in [7, 11) is 0. The zero-order valence-corrected chi connectivity index (χ0v) is 11.8. The number of carboxylic acids is 1. The summed E-state index contributed by atoms with van der Waals surface area (Å²) in [6.45, 7) is 3.98. The molecule has 20 heavy (non-hydrogen) atoms. The molecule has 4 heteroatoms. The van der Waals surface area contributed by atoms with E-state index in [1.165, 1.54) is 0 Å². The Kier molecular flexibility index (Phi) is 4.45. The third kappa shape index (κ3) is 3.02. The van der Waals surface area contributed by atoms with Crippen molar-refractivity contribution in [2.24, 2.45) is 0 Å². The molecule has 0 amide bonds. The maximum absolute atomic E-state index is 11.0. The van der Waals surface area contributed by atoms with Crippen LogP contribution in [-0.4, -0.2) is 21.0 Å². The molecular weight excluding hydrogens is 252 g/mol. The summed E-state index contributed by atoms with van der Waals surface area (Å²) in [4.78, 5) is 20.1. The Labute approximate surface area is 118 Å². The van der Waals surface area contributed by atoms with Crippen molar-refractivity contribution in [3.63, 3.8) is 0 Å². The van der Waals surface area contributed by atoms with E-state index in [2.05, 4.69) is 9.97 Å². The van der Waals surface area contributed by atoms with Gasteiger partial charge in [0.25, 0.3) is 0 Å². The van der Waals surface area contributed by atoms with Crippen molar-refractivity contribution in [1.82, 2.24) is 9.97 Å². The van der Waals surface area contributed by atoms with Crippen LogP contribution in [0.4, 0.5) is 0 Å². The van der Waals surface area contributed by atoms with Crippen LogP contribution in [0.15, 0.2) is 30.3 Å². The van der Waals surface area contributed by atoms with Gasteiger partial charge in [0.15, 0.2) is 5.82 Å². The first-order chi connectivity index (χ1) is 9.65. The summed E-state index contributed by atoms with van der Waals surface area (Å²) >= 11 is 0. The van der Waals surface area contributed by atoms with Crippen LogP contribution in [0.3, 0.4) is 0 Å². The number of aromatic nitrogens is 2. The van der Waals surface area contributed by atoms with Gasteiger partial charge in [0.1, 0.15) is 0 Å². The van der Waals surface area contributed by atoms with E-state index in [9.17, 15) is 4.79 Å². The fraction of sp³-hybridized carbons (Fsp3) is 0.312. The molecule has 0 aliphatic carbocycles. The second-order valence-electron chi connectivity index (χ2n) is 4.56. The summed E-state index contributed by atoms with van der Waals surface area (Å²) in [6, 6.07) is 9.77. The van der Waals surface area contributed by atoms with Gasteiger partial charge >= 0.3 is 5.97 Å². The molecule has 0 saturated heterocycles. The van der Waals surface area contributed by atoms with E-state index in [1.807, 2.05) is 44.2 Å². The molecule has 1 heterocycles. The van der Waals surface area contributed by atoms with Gasteiger partial charge in [-0.1, -0.05) is 44.2 Å². The fourth-order valence-corrected chi connectivity index (χ4v) is 2.24. The Morgan fingerprint density at radius 1 is 1.05 bits per heavy atom. The molecule has 104 valence electrons. The zero-order chi connectivity index (χ0) is 14.5. The topological polar surface area (TPSA) is 63.1 Å². The molecule has 2 aromatic rings. The molecule has 0 fully saturated rings. The average Bonchev–Trinajstić information content (AvgIpc) is 2.47. The highest BCUT2D eigenvalue weighted by Crippen LogP contribution is 2.20. The van der Waals surface area contributed by atoms with Gasteiger partial charge in [-0.3, -0.25) is 4.79 Å². The Hall–Kier alpha value is -2.23. The lowest BCUT2D eigenvalue weighted by Gasteiger charge is -2.12. The molecule has 0 radical (unpaired) electrons. The van der Waals surface area contributed by atoms with Gasteiger partial charge in [-0.25, -0.2) is 9.97 Å². The van der Waals surface area contributed by atoms with E-state index < -0.39 is 5.97 Å². The van der Waals surface area contributed by atoms with Gasteiger partial charge in [-0.15, -0.1) is 0 Å². The summed E-state index contributed by atoms with van der Waals surface area (Å²) in [5, 5.41) is 9.04. The molecule has 0 spiro atoms. The van der Waals surface area contributed by atoms with E-state index in [1.54, 1.807) is 0 Å². The fourth-order valence-electron chi connectivity index (χ4n) is 2.24. The first-order valence-electron chi connectivity index (χ1n) is 6.81. The van der Waals surface area contributed by atoms with E-state index in [0.29, 0.717) is 18.7 Å². The van der Waals surface area contributed by atoms with Crippen molar-refractivity contribution in [1.29, 1.82) is 0 Å². The van der Waals surface area contributed by atoms with Gasteiger partial charge in [-0.2, -0.15) is 0 Å². The van der Waals surface area contributed by atoms with Crippen LogP contribution < -0.4 is 0 Å². The van der Waals surface area contributed by atoms with E-state index >= 15 is 0 Å². The second kappa shape index (κ2) is 6.28. The first-order valence-corrected chi connectivity index (χ1v) is 6.81. The van der Waals surface area contributed by atoms with Crippen LogP contribution in [-0.2, 0) is 24.1 Å². The Morgan fingerprint density at radius 2 is 1.60 bits per heavy atom. The van der Waals surface area contributed by atoms with Crippen molar-refractivity contribution in [3.8, 4) is 11.4 Å². The lowest BCUT2D eigenvalue weighted by Crippen LogP contribution is -2.11. The molecule has 1 aromatic carbocycles. The quantitative estimate of drug-likeness (QED) is 0.907. The predicted octanol–water partition coefficient (Wildman–Crippen LogP) is 2.90. The normalized spacial score (nSPS) is 10.5. The van der Waals surface area contributed by atoms with Crippen LogP contribution >= 0.6 is 0 Å². The van der Waals surface area contributed by atoms with Gasteiger partial charge in [0, 0.05) is 22.5 Å². The number of hydrogen-bond donors (Lipinski definition) is 1. The van der Waals surface area contributed by atoms with Gasteiger partial charge in [-0.05, 0) is 12.8 Å². The molecule has 0 aliphatic heterocycles. The first kappa shape index (κ1) is 14.2. The molecular formula is C16H18N2O2. The Morgan fingerprint density at radius 3 is 2.05 bits per heavy atom. The number of hydrogen-bond acceptors (Lipinski definition) is 3. The highest BCUT2D eigenvalue weighted by molar-refractivity contribution is 5.71. The lowest BCUT2D eigenvalue weighted by molar-refractivity contribution is -0.136. The number of nitrogens with zero attached hydrogens (tertiary/aromatic N) is 2. The smallest absolute Gasteiger partial charge is 0.307 e. The highest BCUT2D eigenvalue weighted by Gasteiger charge is 2.15. The van der Waals surface area contributed by atoms with Gasteiger partial charge in [0.05, 0.1) is 6.42 Å². The third-order valence-corrected chi connectivity index (χ3v) is 3.21. The molecule has 0 saturated carbocycles. The van der Waals surface area contributed by atoms with E-state index in [-0.39, 0.29) is 6.42 Å². The lowest BCUT2D eigenvalue weighted by atomic mass is 10.0. The summed E-state index contributed by atoms with van der Waals surface area (Å²) in [6.07, 6.45) is 1.40.